The van der Waals surface area contributed by atoms with E-state index in [0.717, 1.165) is 55.9 Å². The number of hydrogen-bond donors (Lipinski definition) is 4. The fraction of sp³-hybridized carbons (Fsp3) is 0.407. The Balaban J connectivity index is 1.32. The number of halogens is 2. The van der Waals surface area contributed by atoms with Gasteiger partial charge in [-0.1, -0.05) is 60.0 Å². The van der Waals surface area contributed by atoms with Crippen molar-refractivity contribution in [1.29, 1.82) is 0 Å². The molecule has 196 valence electrons. The van der Waals surface area contributed by atoms with Crippen LogP contribution in [0, 0.1) is 5.92 Å². The quantitative estimate of drug-likeness (QED) is 0.382. The first-order valence-corrected chi connectivity index (χ1v) is 13.2. The second-order valence-electron chi connectivity index (χ2n) is 9.49. The summed E-state index contributed by atoms with van der Waals surface area (Å²) in [5.41, 5.74) is 1.64. The van der Waals surface area contributed by atoms with Gasteiger partial charge in [-0.2, -0.15) is 0 Å². The smallest absolute Gasteiger partial charge is 0.326 e. The molecule has 0 aromatic heterocycles. The van der Waals surface area contributed by atoms with E-state index in [2.05, 4.69) is 20.9 Å². The summed E-state index contributed by atoms with van der Waals surface area (Å²) in [7, 11) is 0. The van der Waals surface area contributed by atoms with Gasteiger partial charge in [0.05, 0.1) is 22.2 Å². The van der Waals surface area contributed by atoms with Gasteiger partial charge in [0, 0.05) is 31.3 Å². The molecule has 4 N–H and O–H groups in total. The number of carboxylic acids is 1. The molecule has 1 saturated carbocycles. The number of carbonyl (C=O) groups excluding carboxylic acids is 2. The largest absolute Gasteiger partial charge is 0.480 e. The zero-order valence-electron chi connectivity index (χ0n) is 20.3. The Morgan fingerprint density at radius 3 is 2.41 bits per heavy atom. The van der Waals surface area contributed by atoms with Gasteiger partial charge < -0.3 is 21.1 Å². The molecular weight excluding hydrogens is 515 g/mol. The van der Waals surface area contributed by atoms with Gasteiger partial charge in [0.1, 0.15) is 11.8 Å². The number of guanidine groups is 1. The SMILES string of the molecule is O=C(N[C@@H](Cc1ccc(CC(=O)[C@H]2CCC[C@@H](NC3=NCCN3)C2)cc1)C(=O)O)c1c(Cl)cccc1Cl. The minimum absolute atomic E-state index is 0.0103. The zero-order valence-corrected chi connectivity index (χ0v) is 21.8. The highest BCUT2D eigenvalue weighted by Crippen LogP contribution is 2.27. The Labute approximate surface area is 225 Å². The van der Waals surface area contributed by atoms with Crippen molar-refractivity contribution in [2.75, 3.05) is 13.1 Å². The lowest BCUT2D eigenvalue weighted by atomic mass is 9.81. The summed E-state index contributed by atoms with van der Waals surface area (Å²) in [4.78, 5) is 41.8. The summed E-state index contributed by atoms with van der Waals surface area (Å²) < 4.78 is 0. The monoisotopic (exact) mass is 544 g/mol. The second-order valence-corrected chi connectivity index (χ2v) is 10.3. The van der Waals surface area contributed by atoms with Crippen molar-refractivity contribution in [2.45, 2.75) is 50.6 Å². The van der Waals surface area contributed by atoms with E-state index in [0.29, 0.717) is 6.42 Å². The van der Waals surface area contributed by atoms with Crippen LogP contribution in [0.15, 0.2) is 47.5 Å². The molecule has 1 amide bonds. The maximum Gasteiger partial charge on any atom is 0.326 e. The molecule has 1 heterocycles. The van der Waals surface area contributed by atoms with Gasteiger partial charge >= 0.3 is 5.97 Å². The van der Waals surface area contributed by atoms with Crippen LogP contribution in [-0.2, 0) is 22.4 Å². The Kier molecular flexibility index (Phi) is 9.05. The predicted octanol–water partition coefficient (Wildman–Crippen LogP) is 3.64. The van der Waals surface area contributed by atoms with Gasteiger partial charge in [0.25, 0.3) is 5.91 Å². The van der Waals surface area contributed by atoms with E-state index in [1.165, 1.54) is 12.1 Å². The number of aliphatic carboxylic acids is 1. The molecule has 2 aliphatic rings. The third-order valence-electron chi connectivity index (χ3n) is 6.78. The predicted molar refractivity (Wildman–Crippen MR) is 143 cm³/mol. The van der Waals surface area contributed by atoms with Crippen LogP contribution in [0.3, 0.4) is 0 Å². The molecule has 37 heavy (non-hydrogen) atoms. The molecule has 1 fully saturated rings. The molecule has 0 saturated heterocycles. The number of nitrogens with zero attached hydrogens (tertiary/aromatic N) is 1. The molecule has 1 aliphatic carbocycles. The first-order valence-electron chi connectivity index (χ1n) is 12.4. The molecule has 10 heteroatoms. The van der Waals surface area contributed by atoms with Gasteiger partial charge in [-0.15, -0.1) is 0 Å². The fourth-order valence-electron chi connectivity index (χ4n) is 4.82. The molecule has 2 aromatic carbocycles. The van der Waals surface area contributed by atoms with Crippen molar-refractivity contribution in [3.63, 3.8) is 0 Å². The van der Waals surface area contributed by atoms with Crippen LogP contribution in [0.1, 0.15) is 47.2 Å². The highest BCUT2D eigenvalue weighted by Gasteiger charge is 2.28. The van der Waals surface area contributed by atoms with E-state index in [9.17, 15) is 19.5 Å². The van der Waals surface area contributed by atoms with Gasteiger partial charge in [-0.3, -0.25) is 14.6 Å². The fourth-order valence-corrected chi connectivity index (χ4v) is 5.39. The van der Waals surface area contributed by atoms with Crippen molar-refractivity contribution < 1.29 is 19.5 Å². The summed E-state index contributed by atoms with van der Waals surface area (Å²) in [6, 6.07) is 11.0. The second kappa shape index (κ2) is 12.4. The summed E-state index contributed by atoms with van der Waals surface area (Å²) >= 11 is 12.2. The molecule has 4 rings (SSSR count). The summed E-state index contributed by atoms with van der Waals surface area (Å²) in [5, 5.41) is 19.1. The molecule has 8 nitrogen and oxygen atoms in total. The van der Waals surface area contributed by atoms with E-state index in [1.807, 2.05) is 12.1 Å². The van der Waals surface area contributed by atoms with Gasteiger partial charge in [0.2, 0.25) is 0 Å². The standard InChI is InChI=1S/C27H30Cl2N4O4/c28-20-5-2-6-21(29)24(20)25(35)33-22(26(36)37)13-16-7-9-17(10-8-16)14-23(34)18-3-1-4-19(15-18)32-27-30-11-12-31-27/h2,5-10,18-19,22H,1,3-4,11-15H2,(H,33,35)(H,36,37)(H2,30,31,32)/t18-,19+,22-/m0/s1. The van der Waals surface area contributed by atoms with E-state index in [1.54, 1.807) is 18.2 Å². The number of hydrogen-bond acceptors (Lipinski definition) is 6. The molecular formula is C27H30Cl2N4O4. The summed E-state index contributed by atoms with van der Waals surface area (Å²) in [6.07, 6.45) is 4.13. The Hall–Kier alpha value is -3.10. The first-order chi connectivity index (χ1) is 17.8. The molecule has 0 unspecified atom stereocenters. The Morgan fingerprint density at radius 2 is 1.76 bits per heavy atom. The average Bonchev–Trinajstić information content (AvgIpc) is 3.38. The maximum absolute atomic E-state index is 13.0. The van der Waals surface area contributed by atoms with E-state index >= 15 is 0 Å². The molecule has 3 atom stereocenters. The van der Waals surface area contributed by atoms with Gasteiger partial charge in [-0.25, -0.2) is 4.79 Å². The van der Waals surface area contributed by atoms with Crippen molar-refractivity contribution in [3.05, 3.63) is 69.2 Å². The lowest BCUT2D eigenvalue weighted by Gasteiger charge is -2.29. The number of aliphatic imine (C=N–C) groups is 1. The summed E-state index contributed by atoms with van der Waals surface area (Å²) in [6.45, 7) is 1.63. The normalized spacial score (nSPS) is 19.9. The van der Waals surface area contributed by atoms with E-state index in [-0.39, 0.29) is 39.8 Å². The third-order valence-corrected chi connectivity index (χ3v) is 7.41. The van der Waals surface area contributed by atoms with Crippen LogP contribution in [0.5, 0.6) is 0 Å². The van der Waals surface area contributed by atoms with Crippen molar-refractivity contribution in [2.24, 2.45) is 10.9 Å². The third kappa shape index (κ3) is 7.23. The number of carbonyl (C=O) groups is 3. The minimum Gasteiger partial charge on any atom is -0.480 e. The maximum atomic E-state index is 13.0. The van der Waals surface area contributed by atoms with E-state index in [4.69, 9.17) is 23.2 Å². The lowest BCUT2D eigenvalue weighted by molar-refractivity contribution is -0.139. The lowest BCUT2D eigenvalue weighted by Crippen LogP contribution is -2.44. The number of rotatable bonds is 9. The number of benzene rings is 2. The molecule has 1 aliphatic heterocycles. The summed E-state index contributed by atoms with van der Waals surface area (Å²) in [5.74, 6) is -0.764. The molecule has 0 bridgehead atoms. The number of amides is 1. The van der Waals surface area contributed by atoms with Crippen LogP contribution in [-0.4, -0.2) is 53.9 Å². The van der Waals surface area contributed by atoms with Crippen molar-refractivity contribution in [3.8, 4) is 0 Å². The molecule has 0 radical (unpaired) electrons. The number of ketones is 1. The van der Waals surface area contributed by atoms with Crippen molar-refractivity contribution in [1.82, 2.24) is 16.0 Å². The van der Waals surface area contributed by atoms with Crippen LogP contribution in [0.2, 0.25) is 10.0 Å². The van der Waals surface area contributed by atoms with E-state index < -0.39 is 17.9 Å². The van der Waals surface area contributed by atoms with Crippen LogP contribution in [0.4, 0.5) is 0 Å². The van der Waals surface area contributed by atoms with Crippen molar-refractivity contribution >= 4 is 46.8 Å². The Morgan fingerprint density at radius 1 is 1.05 bits per heavy atom. The number of nitrogens with one attached hydrogen (secondary N) is 3. The van der Waals surface area contributed by atoms with Gasteiger partial charge in [-0.05, 0) is 42.5 Å². The number of carboxylic acid groups (broad SMARTS) is 1. The Bertz CT molecular complexity index is 1170. The highest BCUT2D eigenvalue weighted by molar-refractivity contribution is 6.39. The minimum atomic E-state index is -1.17. The first kappa shape index (κ1) is 26.9. The van der Waals surface area contributed by atoms with Gasteiger partial charge in [0.15, 0.2) is 5.96 Å². The number of Topliss-reactive ketones (excluding diaryl/α,β-unsaturated/α-hetero) is 1. The molecule has 2 aromatic rings. The van der Waals surface area contributed by atoms with Crippen LogP contribution in [0.25, 0.3) is 0 Å². The topological polar surface area (TPSA) is 120 Å². The zero-order chi connectivity index (χ0) is 26.4. The van der Waals surface area contributed by atoms with Crippen LogP contribution < -0.4 is 16.0 Å². The molecule has 0 spiro atoms. The van der Waals surface area contributed by atoms with Crippen LogP contribution >= 0.6 is 23.2 Å². The average molecular weight is 545 g/mol. The highest BCUT2D eigenvalue weighted by atomic mass is 35.5.